The highest BCUT2D eigenvalue weighted by atomic mass is 16.1. The van der Waals surface area contributed by atoms with Gasteiger partial charge in [0, 0.05) is 18.5 Å². The van der Waals surface area contributed by atoms with Crippen LogP contribution >= 0.6 is 0 Å². The molecule has 2 fully saturated rings. The number of carbonyl (C=O) groups is 1. The fourth-order valence-electron chi connectivity index (χ4n) is 2.92. The van der Waals surface area contributed by atoms with Crippen LogP contribution in [0.1, 0.15) is 46.0 Å². The highest BCUT2D eigenvalue weighted by Crippen LogP contribution is 2.28. The second-order valence-electron chi connectivity index (χ2n) is 6.00. The monoisotopic (exact) mass is 224 g/mol. The van der Waals surface area contributed by atoms with E-state index in [2.05, 4.69) is 24.5 Å². The van der Waals surface area contributed by atoms with Gasteiger partial charge in [0.2, 0.25) is 5.91 Å². The fourth-order valence-corrected chi connectivity index (χ4v) is 2.92. The van der Waals surface area contributed by atoms with Crippen molar-refractivity contribution in [1.29, 1.82) is 0 Å². The summed E-state index contributed by atoms with van der Waals surface area (Å²) in [7, 11) is 0. The average Bonchev–Trinajstić information content (AvgIpc) is 2.74. The Morgan fingerprint density at radius 2 is 1.94 bits per heavy atom. The average molecular weight is 224 g/mol. The summed E-state index contributed by atoms with van der Waals surface area (Å²) in [6.45, 7) is 6.50. The van der Waals surface area contributed by atoms with E-state index in [1.807, 2.05) is 0 Å². The van der Waals surface area contributed by atoms with E-state index in [0.717, 1.165) is 32.4 Å². The minimum absolute atomic E-state index is 0.187. The van der Waals surface area contributed by atoms with Crippen molar-refractivity contribution in [1.82, 2.24) is 10.6 Å². The molecule has 1 aliphatic heterocycles. The molecule has 1 heterocycles. The second-order valence-corrected chi connectivity index (χ2v) is 6.00. The van der Waals surface area contributed by atoms with E-state index >= 15 is 0 Å². The van der Waals surface area contributed by atoms with E-state index in [4.69, 9.17) is 0 Å². The van der Waals surface area contributed by atoms with Crippen LogP contribution in [0.3, 0.4) is 0 Å². The van der Waals surface area contributed by atoms with Crippen LogP contribution in [-0.2, 0) is 4.79 Å². The van der Waals surface area contributed by atoms with Crippen LogP contribution in [0.4, 0.5) is 0 Å². The number of hydrogen-bond donors (Lipinski definition) is 2. The third-order valence-electron chi connectivity index (χ3n) is 4.18. The Kier molecular flexibility index (Phi) is 3.53. The summed E-state index contributed by atoms with van der Waals surface area (Å²) in [4.78, 5) is 12.1. The number of rotatable bonds is 2. The SMILES string of the molecule is CC1(C)CNCCC1NC(=O)C1CCCC1. The van der Waals surface area contributed by atoms with Gasteiger partial charge >= 0.3 is 0 Å². The standard InChI is InChI=1S/C13H24N2O/c1-13(2)9-14-8-7-11(13)15-12(16)10-5-3-4-6-10/h10-11,14H,3-9H2,1-2H3,(H,15,16). The molecule has 3 heteroatoms. The summed E-state index contributed by atoms with van der Waals surface area (Å²) in [5, 5.41) is 6.67. The Balaban J connectivity index is 1.89. The molecule has 0 radical (unpaired) electrons. The number of amides is 1. The summed E-state index contributed by atoms with van der Waals surface area (Å²) >= 11 is 0. The van der Waals surface area contributed by atoms with Crippen molar-refractivity contribution in [3.8, 4) is 0 Å². The molecule has 16 heavy (non-hydrogen) atoms. The Labute approximate surface area is 98.4 Å². The quantitative estimate of drug-likeness (QED) is 0.749. The van der Waals surface area contributed by atoms with Gasteiger partial charge in [-0.05, 0) is 31.2 Å². The predicted octanol–water partition coefficient (Wildman–Crippen LogP) is 1.68. The molecular weight excluding hydrogens is 200 g/mol. The highest BCUT2D eigenvalue weighted by molar-refractivity contribution is 5.79. The first-order valence-electron chi connectivity index (χ1n) is 6.61. The molecule has 3 nitrogen and oxygen atoms in total. The van der Waals surface area contributed by atoms with Crippen molar-refractivity contribution in [2.75, 3.05) is 13.1 Å². The molecule has 1 atom stereocenters. The van der Waals surface area contributed by atoms with Crippen LogP contribution in [-0.4, -0.2) is 25.0 Å². The number of carbonyl (C=O) groups excluding carboxylic acids is 1. The van der Waals surface area contributed by atoms with Crippen LogP contribution < -0.4 is 10.6 Å². The van der Waals surface area contributed by atoms with Crippen LogP contribution in [0.25, 0.3) is 0 Å². The van der Waals surface area contributed by atoms with E-state index < -0.39 is 0 Å². The molecule has 0 aromatic heterocycles. The van der Waals surface area contributed by atoms with E-state index in [0.29, 0.717) is 17.9 Å². The summed E-state index contributed by atoms with van der Waals surface area (Å²) in [6, 6.07) is 0.349. The molecular formula is C13H24N2O. The third-order valence-corrected chi connectivity index (χ3v) is 4.18. The first kappa shape index (κ1) is 11.9. The van der Waals surface area contributed by atoms with Crippen LogP contribution in [0.5, 0.6) is 0 Å². The zero-order valence-electron chi connectivity index (χ0n) is 10.5. The predicted molar refractivity (Wildman–Crippen MR) is 65.2 cm³/mol. The summed E-state index contributed by atoms with van der Waals surface area (Å²) in [6.07, 6.45) is 5.71. The molecule has 1 saturated carbocycles. The molecule has 0 aromatic rings. The fraction of sp³-hybridized carbons (Fsp3) is 0.923. The number of nitrogens with one attached hydrogen (secondary N) is 2. The van der Waals surface area contributed by atoms with Crippen molar-refractivity contribution >= 4 is 5.91 Å². The van der Waals surface area contributed by atoms with Gasteiger partial charge in [0.25, 0.3) is 0 Å². The molecule has 1 aliphatic carbocycles. The highest BCUT2D eigenvalue weighted by Gasteiger charge is 2.34. The molecule has 1 unspecified atom stereocenters. The van der Waals surface area contributed by atoms with E-state index in [1.165, 1.54) is 12.8 Å². The van der Waals surface area contributed by atoms with Crippen LogP contribution in [0.2, 0.25) is 0 Å². The minimum Gasteiger partial charge on any atom is -0.352 e. The maximum absolute atomic E-state index is 12.1. The zero-order valence-corrected chi connectivity index (χ0v) is 10.5. The molecule has 0 aromatic carbocycles. The van der Waals surface area contributed by atoms with Crippen molar-refractivity contribution in [2.45, 2.75) is 52.0 Å². The van der Waals surface area contributed by atoms with Crippen LogP contribution in [0, 0.1) is 11.3 Å². The Morgan fingerprint density at radius 3 is 2.56 bits per heavy atom. The molecule has 2 rings (SSSR count). The molecule has 2 aliphatic rings. The van der Waals surface area contributed by atoms with Gasteiger partial charge in [-0.1, -0.05) is 26.7 Å². The lowest BCUT2D eigenvalue weighted by Crippen LogP contribution is -2.55. The topological polar surface area (TPSA) is 41.1 Å². The molecule has 92 valence electrons. The van der Waals surface area contributed by atoms with Gasteiger partial charge in [0.1, 0.15) is 0 Å². The van der Waals surface area contributed by atoms with Crippen LogP contribution in [0.15, 0.2) is 0 Å². The van der Waals surface area contributed by atoms with Crippen molar-refractivity contribution < 1.29 is 4.79 Å². The van der Waals surface area contributed by atoms with Gasteiger partial charge < -0.3 is 10.6 Å². The van der Waals surface area contributed by atoms with Crippen molar-refractivity contribution in [3.05, 3.63) is 0 Å². The summed E-state index contributed by atoms with van der Waals surface area (Å²) < 4.78 is 0. The maximum atomic E-state index is 12.1. The lowest BCUT2D eigenvalue weighted by molar-refractivity contribution is -0.126. The summed E-state index contributed by atoms with van der Waals surface area (Å²) in [5.41, 5.74) is 0.187. The number of hydrogen-bond acceptors (Lipinski definition) is 2. The third kappa shape index (κ3) is 2.57. The minimum atomic E-state index is 0.187. The van der Waals surface area contributed by atoms with Gasteiger partial charge in [-0.25, -0.2) is 0 Å². The lowest BCUT2D eigenvalue weighted by Gasteiger charge is -2.39. The van der Waals surface area contributed by atoms with Crippen molar-refractivity contribution in [2.24, 2.45) is 11.3 Å². The Bertz CT molecular complexity index is 257. The Morgan fingerprint density at radius 1 is 1.25 bits per heavy atom. The molecule has 0 spiro atoms. The molecule has 2 N–H and O–H groups in total. The molecule has 1 saturated heterocycles. The van der Waals surface area contributed by atoms with Gasteiger partial charge in [0.15, 0.2) is 0 Å². The maximum Gasteiger partial charge on any atom is 0.223 e. The first-order valence-corrected chi connectivity index (χ1v) is 6.61. The molecule has 0 bridgehead atoms. The largest absolute Gasteiger partial charge is 0.352 e. The van der Waals surface area contributed by atoms with Gasteiger partial charge in [-0.3, -0.25) is 4.79 Å². The first-order chi connectivity index (χ1) is 7.59. The Hall–Kier alpha value is -0.570. The van der Waals surface area contributed by atoms with Gasteiger partial charge in [-0.15, -0.1) is 0 Å². The number of piperidine rings is 1. The summed E-state index contributed by atoms with van der Waals surface area (Å²) in [5.74, 6) is 0.600. The van der Waals surface area contributed by atoms with E-state index in [-0.39, 0.29) is 5.41 Å². The van der Waals surface area contributed by atoms with Gasteiger partial charge in [0.05, 0.1) is 0 Å². The lowest BCUT2D eigenvalue weighted by atomic mass is 9.79. The molecule has 1 amide bonds. The zero-order chi connectivity index (χ0) is 11.6. The second kappa shape index (κ2) is 4.74. The van der Waals surface area contributed by atoms with E-state index in [9.17, 15) is 4.79 Å². The van der Waals surface area contributed by atoms with E-state index in [1.54, 1.807) is 0 Å². The van der Waals surface area contributed by atoms with Gasteiger partial charge in [-0.2, -0.15) is 0 Å². The smallest absolute Gasteiger partial charge is 0.223 e. The van der Waals surface area contributed by atoms with Crippen molar-refractivity contribution in [3.63, 3.8) is 0 Å². The normalized spacial score (nSPS) is 30.2.